The van der Waals surface area contributed by atoms with Gasteiger partial charge in [-0.25, -0.2) is 4.98 Å². The molecule has 0 radical (unpaired) electrons. The summed E-state index contributed by atoms with van der Waals surface area (Å²) in [5, 5.41) is 0. The number of nitrogens with zero attached hydrogens (tertiary/aromatic N) is 2. The van der Waals surface area contributed by atoms with Crippen molar-refractivity contribution >= 4 is 11.3 Å². The van der Waals surface area contributed by atoms with Crippen molar-refractivity contribution in [3.63, 3.8) is 0 Å². The van der Waals surface area contributed by atoms with Crippen molar-refractivity contribution < 1.29 is 0 Å². The van der Waals surface area contributed by atoms with E-state index in [0.717, 1.165) is 22.9 Å². The summed E-state index contributed by atoms with van der Waals surface area (Å²) < 4.78 is 2.09. The highest BCUT2D eigenvalue weighted by Gasteiger charge is 2.29. The van der Waals surface area contributed by atoms with Crippen molar-refractivity contribution in [1.82, 2.24) is 9.38 Å². The molecule has 0 aliphatic heterocycles. The van der Waals surface area contributed by atoms with E-state index < -0.39 is 0 Å². The minimum Gasteiger partial charge on any atom is -0.385 e. The first-order valence-corrected chi connectivity index (χ1v) is 5.01. The van der Waals surface area contributed by atoms with Crippen LogP contribution in [0.2, 0.25) is 0 Å². The topological polar surface area (TPSA) is 43.3 Å². The van der Waals surface area contributed by atoms with Crippen LogP contribution >= 0.6 is 0 Å². The van der Waals surface area contributed by atoms with E-state index in [2.05, 4.69) is 15.5 Å². The van der Waals surface area contributed by atoms with Crippen LogP contribution in [-0.2, 0) is 0 Å². The molecule has 3 heteroatoms. The molecule has 14 heavy (non-hydrogen) atoms. The Bertz CT molecular complexity index is 494. The van der Waals surface area contributed by atoms with E-state index in [4.69, 9.17) is 5.73 Å². The monoisotopic (exact) mass is 187 g/mol. The molecule has 0 aromatic carbocycles. The molecule has 1 aliphatic carbocycles. The third-order valence-electron chi connectivity index (χ3n) is 2.84. The Hall–Kier alpha value is -1.51. The minimum atomic E-state index is 0.640. The molecular weight excluding hydrogens is 174 g/mol. The van der Waals surface area contributed by atoms with Crippen LogP contribution in [0.15, 0.2) is 18.2 Å². The van der Waals surface area contributed by atoms with Crippen LogP contribution in [0, 0.1) is 6.92 Å². The molecular formula is C11H13N3. The number of imidazole rings is 1. The van der Waals surface area contributed by atoms with Gasteiger partial charge in [-0.2, -0.15) is 0 Å². The SMILES string of the molecule is Cc1nc(C2CC2)n2c(N)cccc12. The van der Waals surface area contributed by atoms with Gasteiger partial charge in [-0.3, -0.25) is 4.40 Å². The first kappa shape index (κ1) is 7.85. The van der Waals surface area contributed by atoms with Crippen LogP contribution < -0.4 is 5.73 Å². The Labute approximate surface area is 82.6 Å². The van der Waals surface area contributed by atoms with Gasteiger partial charge in [0.05, 0.1) is 11.2 Å². The second-order valence-corrected chi connectivity index (χ2v) is 4.00. The van der Waals surface area contributed by atoms with Crippen LogP contribution in [0.4, 0.5) is 5.82 Å². The van der Waals surface area contributed by atoms with Crippen LogP contribution in [-0.4, -0.2) is 9.38 Å². The van der Waals surface area contributed by atoms with Crippen molar-refractivity contribution in [2.75, 3.05) is 5.73 Å². The molecule has 3 nitrogen and oxygen atoms in total. The lowest BCUT2D eigenvalue weighted by molar-refractivity contribution is 0.922. The zero-order valence-electron chi connectivity index (χ0n) is 8.20. The maximum absolute atomic E-state index is 5.96. The molecule has 0 amide bonds. The molecule has 2 heterocycles. The molecule has 2 aromatic rings. The highest BCUT2D eigenvalue weighted by Crippen LogP contribution is 2.40. The molecule has 0 bridgehead atoms. The van der Waals surface area contributed by atoms with Crippen LogP contribution in [0.5, 0.6) is 0 Å². The summed E-state index contributed by atoms with van der Waals surface area (Å²) in [5.74, 6) is 2.58. The molecule has 72 valence electrons. The lowest BCUT2D eigenvalue weighted by Crippen LogP contribution is -1.99. The molecule has 0 atom stereocenters. The Balaban J connectivity index is 2.39. The van der Waals surface area contributed by atoms with E-state index in [0.29, 0.717) is 5.92 Å². The van der Waals surface area contributed by atoms with Crippen LogP contribution in [0.25, 0.3) is 5.52 Å². The first-order chi connectivity index (χ1) is 6.77. The molecule has 1 fully saturated rings. The number of anilines is 1. The van der Waals surface area contributed by atoms with Gasteiger partial charge < -0.3 is 5.73 Å². The van der Waals surface area contributed by atoms with Gasteiger partial charge in [-0.15, -0.1) is 0 Å². The smallest absolute Gasteiger partial charge is 0.118 e. The number of rotatable bonds is 1. The van der Waals surface area contributed by atoms with Crippen LogP contribution in [0.3, 0.4) is 0 Å². The van der Waals surface area contributed by atoms with E-state index in [9.17, 15) is 0 Å². The molecule has 2 N–H and O–H groups in total. The normalized spacial score (nSPS) is 16.4. The molecule has 1 saturated carbocycles. The number of nitrogens with two attached hydrogens (primary N) is 1. The standard InChI is InChI=1S/C11H13N3/c1-7-9-3-2-4-10(12)14(9)11(13-7)8-5-6-8/h2-4,8H,5-6,12H2,1H3. The van der Waals surface area contributed by atoms with Gasteiger partial charge in [-0.1, -0.05) is 6.07 Å². The number of pyridine rings is 1. The van der Waals surface area contributed by atoms with Gasteiger partial charge in [-0.05, 0) is 31.9 Å². The Morgan fingerprint density at radius 3 is 2.93 bits per heavy atom. The van der Waals surface area contributed by atoms with E-state index in [1.165, 1.54) is 12.8 Å². The number of hydrogen-bond donors (Lipinski definition) is 1. The predicted molar refractivity (Wildman–Crippen MR) is 56.3 cm³/mol. The highest BCUT2D eigenvalue weighted by molar-refractivity contribution is 5.58. The Morgan fingerprint density at radius 2 is 2.21 bits per heavy atom. The lowest BCUT2D eigenvalue weighted by Gasteiger charge is -2.02. The third kappa shape index (κ3) is 0.953. The number of aromatic nitrogens is 2. The van der Waals surface area contributed by atoms with Gasteiger partial charge in [0, 0.05) is 5.92 Å². The van der Waals surface area contributed by atoms with E-state index in [-0.39, 0.29) is 0 Å². The zero-order chi connectivity index (χ0) is 9.71. The second kappa shape index (κ2) is 2.50. The summed E-state index contributed by atoms with van der Waals surface area (Å²) in [6, 6.07) is 5.99. The second-order valence-electron chi connectivity index (χ2n) is 4.00. The molecule has 2 aromatic heterocycles. The summed E-state index contributed by atoms with van der Waals surface area (Å²) in [6.07, 6.45) is 2.51. The quantitative estimate of drug-likeness (QED) is 0.743. The van der Waals surface area contributed by atoms with E-state index >= 15 is 0 Å². The van der Waals surface area contributed by atoms with Crippen molar-refractivity contribution in [2.24, 2.45) is 0 Å². The maximum Gasteiger partial charge on any atom is 0.118 e. The van der Waals surface area contributed by atoms with Crippen LogP contribution in [0.1, 0.15) is 30.3 Å². The Kier molecular flexibility index (Phi) is 1.40. The van der Waals surface area contributed by atoms with Crippen molar-refractivity contribution in [3.8, 4) is 0 Å². The average Bonchev–Trinajstić information content (AvgIpc) is 2.94. The first-order valence-electron chi connectivity index (χ1n) is 5.01. The van der Waals surface area contributed by atoms with Crippen molar-refractivity contribution in [2.45, 2.75) is 25.7 Å². The highest BCUT2D eigenvalue weighted by atomic mass is 15.1. The molecule has 0 spiro atoms. The number of hydrogen-bond acceptors (Lipinski definition) is 2. The third-order valence-corrected chi connectivity index (χ3v) is 2.84. The van der Waals surface area contributed by atoms with Crippen molar-refractivity contribution in [1.29, 1.82) is 0 Å². The number of nitrogen functional groups attached to an aromatic ring is 1. The summed E-state index contributed by atoms with van der Waals surface area (Å²) in [4.78, 5) is 4.60. The number of fused-ring (bicyclic) bond motifs is 1. The molecule has 1 aliphatic rings. The summed E-state index contributed by atoms with van der Waals surface area (Å²) >= 11 is 0. The predicted octanol–water partition coefficient (Wildman–Crippen LogP) is 2.10. The summed E-state index contributed by atoms with van der Waals surface area (Å²) in [7, 11) is 0. The van der Waals surface area contributed by atoms with Crippen molar-refractivity contribution in [3.05, 3.63) is 29.7 Å². The van der Waals surface area contributed by atoms with E-state index in [1.807, 2.05) is 19.1 Å². The Morgan fingerprint density at radius 1 is 1.43 bits per heavy atom. The fourth-order valence-corrected chi connectivity index (χ4v) is 1.96. The molecule has 0 saturated heterocycles. The molecule has 0 unspecified atom stereocenters. The fourth-order valence-electron chi connectivity index (χ4n) is 1.96. The minimum absolute atomic E-state index is 0.640. The zero-order valence-corrected chi connectivity index (χ0v) is 8.20. The summed E-state index contributed by atoms with van der Waals surface area (Å²) in [6.45, 7) is 2.04. The van der Waals surface area contributed by atoms with Gasteiger partial charge in [0.15, 0.2) is 0 Å². The lowest BCUT2D eigenvalue weighted by atomic mass is 10.3. The maximum atomic E-state index is 5.96. The average molecular weight is 187 g/mol. The summed E-state index contributed by atoms with van der Waals surface area (Å²) in [5.41, 5.74) is 8.19. The largest absolute Gasteiger partial charge is 0.385 e. The van der Waals surface area contributed by atoms with E-state index in [1.54, 1.807) is 0 Å². The molecule has 3 rings (SSSR count). The van der Waals surface area contributed by atoms with Gasteiger partial charge in [0.1, 0.15) is 11.6 Å². The number of aryl methyl sites for hydroxylation is 1. The van der Waals surface area contributed by atoms with Gasteiger partial charge in [0.2, 0.25) is 0 Å². The fraction of sp³-hybridized carbons (Fsp3) is 0.364. The van der Waals surface area contributed by atoms with Gasteiger partial charge >= 0.3 is 0 Å². The van der Waals surface area contributed by atoms with Gasteiger partial charge in [0.25, 0.3) is 0 Å².